The highest BCUT2D eigenvalue weighted by Gasteiger charge is 2.13. The summed E-state index contributed by atoms with van der Waals surface area (Å²) in [6.07, 6.45) is 0.861. The predicted molar refractivity (Wildman–Crippen MR) is 126 cm³/mol. The molecule has 0 unspecified atom stereocenters. The van der Waals surface area contributed by atoms with Crippen molar-refractivity contribution in [3.05, 3.63) is 48.0 Å². The molecule has 0 aliphatic rings. The molecule has 0 fully saturated rings. The zero-order chi connectivity index (χ0) is 20.2. The molecule has 2 aromatic carbocycles. The van der Waals surface area contributed by atoms with E-state index in [1.54, 1.807) is 28.4 Å². The van der Waals surface area contributed by atoms with Gasteiger partial charge in [0.2, 0.25) is 5.75 Å². The number of halogens is 1. The fourth-order valence-corrected chi connectivity index (χ4v) is 2.63. The largest absolute Gasteiger partial charge is 0.494 e. The van der Waals surface area contributed by atoms with Crippen molar-refractivity contribution >= 4 is 29.9 Å². The summed E-state index contributed by atoms with van der Waals surface area (Å²) in [5.74, 6) is 3.43. The van der Waals surface area contributed by atoms with E-state index in [0.29, 0.717) is 36.4 Å². The molecule has 8 heteroatoms. The number of rotatable bonds is 10. The number of benzene rings is 2. The number of hydrogen-bond donors (Lipinski definition) is 2. The highest BCUT2D eigenvalue weighted by atomic mass is 127. The second-order valence-electron chi connectivity index (χ2n) is 5.90. The van der Waals surface area contributed by atoms with Crippen LogP contribution >= 0.6 is 24.0 Å². The van der Waals surface area contributed by atoms with Crippen molar-refractivity contribution in [3.8, 4) is 23.0 Å². The summed E-state index contributed by atoms with van der Waals surface area (Å²) >= 11 is 0. The Morgan fingerprint density at radius 3 is 2.14 bits per heavy atom. The predicted octanol–water partition coefficient (Wildman–Crippen LogP) is 3.46. The SMILES string of the molecule is CN=C(NCCCOc1ccccc1)NCc1cc(OC)c(OC)c(OC)c1.I. The van der Waals surface area contributed by atoms with Gasteiger partial charge in [-0.25, -0.2) is 0 Å². The molecule has 0 saturated carbocycles. The van der Waals surface area contributed by atoms with Gasteiger partial charge in [-0.15, -0.1) is 24.0 Å². The van der Waals surface area contributed by atoms with Gasteiger partial charge in [-0.2, -0.15) is 0 Å². The van der Waals surface area contributed by atoms with E-state index in [4.69, 9.17) is 18.9 Å². The summed E-state index contributed by atoms with van der Waals surface area (Å²) in [6, 6.07) is 13.6. The first-order valence-electron chi connectivity index (χ1n) is 9.13. The molecule has 2 aromatic rings. The lowest BCUT2D eigenvalue weighted by Gasteiger charge is -2.16. The summed E-state index contributed by atoms with van der Waals surface area (Å²) in [5, 5.41) is 6.56. The number of methoxy groups -OCH3 is 3. The van der Waals surface area contributed by atoms with Crippen LogP contribution in [0.5, 0.6) is 23.0 Å². The van der Waals surface area contributed by atoms with E-state index in [0.717, 1.165) is 24.3 Å². The molecule has 0 bridgehead atoms. The average molecular weight is 515 g/mol. The van der Waals surface area contributed by atoms with Crippen LogP contribution in [0.3, 0.4) is 0 Å². The third kappa shape index (κ3) is 7.88. The molecular weight excluding hydrogens is 485 g/mol. The zero-order valence-corrected chi connectivity index (χ0v) is 19.7. The van der Waals surface area contributed by atoms with Gasteiger partial charge < -0.3 is 29.6 Å². The summed E-state index contributed by atoms with van der Waals surface area (Å²) in [4.78, 5) is 4.24. The molecule has 0 aliphatic heterocycles. The van der Waals surface area contributed by atoms with E-state index in [1.807, 2.05) is 42.5 Å². The van der Waals surface area contributed by atoms with Crippen molar-refractivity contribution in [3.63, 3.8) is 0 Å². The van der Waals surface area contributed by atoms with Crippen molar-refractivity contribution in [2.75, 3.05) is 41.5 Å². The quantitative estimate of drug-likeness (QED) is 0.219. The molecule has 29 heavy (non-hydrogen) atoms. The Morgan fingerprint density at radius 1 is 0.931 bits per heavy atom. The first-order chi connectivity index (χ1) is 13.7. The summed E-state index contributed by atoms with van der Waals surface area (Å²) < 4.78 is 21.8. The maximum atomic E-state index is 5.68. The van der Waals surface area contributed by atoms with Crippen molar-refractivity contribution in [1.82, 2.24) is 10.6 Å². The highest BCUT2D eigenvalue weighted by Crippen LogP contribution is 2.38. The minimum atomic E-state index is 0. The lowest BCUT2D eigenvalue weighted by atomic mass is 10.2. The second kappa shape index (κ2) is 13.8. The van der Waals surface area contributed by atoms with Crippen LogP contribution in [0, 0.1) is 0 Å². The third-order valence-electron chi connectivity index (χ3n) is 4.03. The second-order valence-corrected chi connectivity index (χ2v) is 5.90. The standard InChI is InChI=1S/C21H29N3O4.HI/c1-22-21(23-11-8-12-28-17-9-6-5-7-10-17)24-15-16-13-18(25-2)20(27-4)19(14-16)26-3;/h5-7,9-10,13-14H,8,11-12,15H2,1-4H3,(H2,22,23,24);1H. The fourth-order valence-electron chi connectivity index (χ4n) is 2.63. The van der Waals surface area contributed by atoms with E-state index in [9.17, 15) is 0 Å². The van der Waals surface area contributed by atoms with Crippen LogP contribution in [0.25, 0.3) is 0 Å². The maximum absolute atomic E-state index is 5.68. The molecule has 0 amide bonds. The van der Waals surface area contributed by atoms with Crippen molar-refractivity contribution < 1.29 is 18.9 Å². The van der Waals surface area contributed by atoms with E-state index < -0.39 is 0 Å². The molecule has 0 heterocycles. The summed E-state index contributed by atoms with van der Waals surface area (Å²) in [7, 11) is 6.54. The molecular formula is C21H30IN3O4. The van der Waals surface area contributed by atoms with Gasteiger partial charge >= 0.3 is 0 Å². The highest BCUT2D eigenvalue weighted by molar-refractivity contribution is 14.0. The Bertz CT molecular complexity index is 732. The van der Waals surface area contributed by atoms with Crippen LogP contribution in [-0.2, 0) is 6.54 Å². The Morgan fingerprint density at radius 2 is 1.59 bits per heavy atom. The Balaban J connectivity index is 0.00000420. The van der Waals surface area contributed by atoms with Gasteiger partial charge in [0.05, 0.1) is 27.9 Å². The maximum Gasteiger partial charge on any atom is 0.203 e. The molecule has 160 valence electrons. The monoisotopic (exact) mass is 515 g/mol. The smallest absolute Gasteiger partial charge is 0.203 e. The lowest BCUT2D eigenvalue weighted by Crippen LogP contribution is -2.37. The van der Waals surface area contributed by atoms with E-state index in [-0.39, 0.29) is 24.0 Å². The average Bonchev–Trinajstić information content (AvgIpc) is 2.75. The van der Waals surface area contributed by atoms with Crippen molar-refractivity contribution in [2.24, 2.45) is 4.99 Å². The van der Waals surface area contributed by atoms with Gasteiger partial charge in [-0.1, -0.05) is 18.2 Å². The van der Waals surface area contributed by atoms with Gasteiger partial charge in [-0.3, -0.25) is 4.99 Å². The number of ether oxygens (including phenoxy) is 4. The fraction of sp³-hybridized carbons (Fsp3) is 0.381. The first-order valence-corrected chi connectivity index (χ1v) is 9.13. The third-order valence-corrected chi connectivity index (χ3v) is 4.03. The van der Waals surface area contributed by atoms with Crippen LogP contribution in [0.2, 0.25) is 0 Å². The number of hydrogen-bond acceptors (Lipinski definition) is 5. The molecule has 0 radical (unpaired) electrons. The molecule has 0 saturated heterocycles. The van der Waals surface area contributed by atoms with Crippen LogP contribution in [-0.4, -0.2) is 47.5 Å². The molecule has 0 atom stereocenters. The van der Waals surface area contributed by atoms with Gasteiger partial charge in [0.1, 0.15) is 5.75 Å². The molecule has 2 rings (SSSR count). The zero-order valence-electron chi connectivity index (χ0n) is 17.4. The minimum Gasteiger partial charge on any atom is -0.494 e. The van der Waals surface area contributed by atoms with Crippen LogP contribution in [0.15, 0.2) is 47.5 Å². The molecule has 0 spiro atoms. The normalized spacial score (nSPS) is 10.6. The number of para-hydroxylation sites is 1. The van der Waals surface area contributed by atoms with Crippen molar-refractivity contribution in [2.45, 2.75) is 13.0 Å². The number of guanidine groups is 1. The molecule has 0 aromatic heterocycles. The van der Waals surface area contributed by atoms with Gasteiger partial charge in [-0.05, 0) is 36.2 Å². The van der Waals surface area contributed by atoms with E-state index in [2.05, 4.69) is 15.6 Å². The number of aliphatic imine (C=N–C) groups is 1. The number of nitrogens with zero attached hydrogens (tertiary/aromatic N) is 1. The number of nitrogens with one attached hydrogen (secondary N) is 2. The van der Waals surface area contributed by atoms with Crippen molar-refractivity contribution in [1.29, 1.82) is 0 Å². The van der Waals surface area contributed by atoms with E-state index in [1.165, 1.54) is 0 Å². The van der Waals surface area contributed by atoms with Gasteiger partial charge in [0.25, 0.3) is 0 Å². The topological polar surface area (TPSA) is 73.3 Å². The van der Waals surface area contributed by atoms with Gasteiger partial charge in [0.15, 0.2) is 17.5 Å². The summed E-state index contributed by atoms with van der Waals surface area (Å²) in [5.41, 5.74) is 0.991. The lowest BCUT2D eigenvalue weighted by molar-refractivity contribution is 0.311. The van der Waals surface area contributed by atoms with E-state index >= 15 is 0 Å². The summed E-state index contributed by atoms with van der Waals surface area (Å²) in [6.45, 7) is 1.96. The molecule has 7 nitrogen and oxygen atoms in total. The van der Waals surface area contributed by atoms with Crippen LogP contribution in [0.4, 0.5) is 0 Å². The minimum absolute atomic E-state index is 0. The van der Waals surface area contributed by atoms with Gasteiger partial charge in [0, 0.05) is 20.1 Å². The molecule has 2 N–H and O–H groups in total. The Hall–Kier alpha value is -2.36. The Labute approximate surface area is 189 Å². The van der Waals surface area contributed by atoms with Crippen LogP contribution < -0.4 is 29.6 Å². The Kier molecular flexibility index (Phi) is 11.7. The van der Waals surface area contributed by atoms with Crippen LogP contribution in [0.1, 0.15) is 12.0 Å². The molecule has 0 aliphatic carbocycles. The first kappa shape index (κ1) is 24.7.